The van der Waals surface area contributed by atoms with E-state index in [0.29, 0.717) is 30.8 Å². The molecule has 27 heavy (non-hydrogen) atoms. The van der Waals surface area contributed by atoms with Crippen LogP contribution in [0.4, 0.5) is 11.4 Å². The van der Waals surface area contributed by atoms with E-state index in [-0.39, 0.29) is 16.4 Å². The topological polar surface area (TPSA) is 92.8 Å². The van der Waals surface area contributed by atoms with Crippen molar-refractivity contribution in [3.63, 3.8) is 0 Å². The van der Waals surface area contributed by atoms with E-state index in [0.717, 1.165) is 5.56 Å². The van der Waals surface area contributed by atoms with Gasteiger partial charge in [0.2, 0.25) is 10.0 Å². The fourth-order valence-corrected chi connectivity index (χ4v) is 5.84. The number of benzene rings is 2. The van der Waals surface area contributed by atoms with Crippen LogP contribution in [0.2, 0.25) is 0 Å². The molecule has 0 spiro atoms. The molecule has 0 unspecified atom stereocenters. The SMILES string of the molecule is CCc1ccc(OC)c(S(=O)(=O)Nc2cccc(N3CCCS3(=O)=O)c2)c1. The highest BCUT2D eigenvalue weighted by Gasteiger charge is 2.29. The van der Waals surface area contributed by atoms with E-state index in [1.807, 2.05) is 13.0 Å². The van der Waals surface area contributed by atoms with Gasteiger partial charge in [-0.2, -0.15) is 0 Å². The van der Waals surface area contributed by atoms with Crippen LogP contribution in [0.15, 0.2) is 47.4 Å². The van der Waals surface area contributed by atoms with E-state index in [1.54, 1.807) is 30.3 Å². The van der Waals surface area contributed by atoms with E-state index in [1.165, 1.54) is 17.5 Å². The number of sulfonamides is 2. The van der Waals surface area contributed by atoms with Crippen molar-refractivity contribution in [1.82, 2.24) is 0 Å². The van der Waals surface area contributed by atoms with Crippen molar-refractivity contribution in [2.45, 2.75) is 24.7 Å². The van der Waals surface area contributed by atoms with Gasteiger partial charge < -0.3 is 4.74 Å². The molecule has 0 radical (unpaired) electrons. The van der Waals surface area contributed by atoms with Crippen molar-refractivity contribution in [2.24, 2.45) is 0 Å². The van der Waals surface area contributed by atoms with Crippen molar-refractivity contribution in [2.75, 3.05) is 28.4 Å². The van der Waals surface area contributed by atoms with Crippen LogP contribution in [-0.4, -0.2) is 36.2 Å². The second-order valence-corrected chi connectivity index (χ2v) is 9.90. The first-order chi connectivity index (χ1) is 12.8. The molecular formula is C18H22N2O5S2. The normalized spacial score (nSPS) is 16.3. The molecule has 3 rings (SSSR count). The van der Waals surface area contributed by atoms with Gasteiger partial charge in [0.05, 0.1) is 24.2 Å². The molecule has 9 heteroatoms. The van der Waals surface area contributed by atoms with Crippen LogP contribution in [0.3, 0.4) is 0 Å². The third-order valence-corrected chi connectivity index (χ3v) is 7.68. The lowest BCUT2D eigenvalue weighted by Crippen LogP contribution is -2.25. The summed E-state index contributed by atoms with van der Waals surface area (Å²) in [6, 6.07) is 11.4. The predicted octanol–water partition coefficient (Wildman–Crippen LogP) is 2.60. The summed E-state index contributed by atoms with van der Waals surface area (Å²) in [7, 11) is -5.82. The Kier molecular flexibility index (Phi) is 5.34. The van der Waals surface area contributed by atoms with Crippen LogP contribution >= 0.6 is 0 Å². The molecule has 1 aliphatic heterocycles. The molecule has 0 bridgehead atoms. The zero-order valence-electron chi connectivity index (χ0n) is 15.2. The first-order valence-corrected chi connectivity index (χ1v) is 11.7. The van der Waals surface area contributed by atoms with E-state index in [9.17, 15) is 16.8 Å². The fraction of sp³-hybridized carbons (Fsp3) is 0.333. The number of aryl methyl sites for hydroxylation is 1. The molecule has 2 aromatic rings. The zero-order valence-corrected chi connectivity index (χ0v) is 16.8. The van der Waals surface area contributed by atoms with Gasteiger partial charge in [-0.1, -0.05) is 19.1 Å². The van der Waals surface area contributed by atoms with Crippen molar-refractivity contribution >= 4 is 31.4 Å². The van der Waals surface area contributed by atoms with E-state index < -0.39 is 20.0 Å². The fourth-order valence-electron chi connectivity index (χ4n) is 3.02. The molecule has 0 atom stereocenters. The Labute approximate surface area is 160 Å². The lowest BCUT2D eigenvalue weighted by atomic mass is 10.2. The number of ether oxygens (including phenoxy) is 1. The standard InChI is InChI=1S/C18H22N2O5S2/c1-3-14-8-9-17(25-2)18(12-14)27(23,24)19-15-6-4-7-16(13-15)20-10-5-11-26(20,21)22/h4,6-9,12-13,19H,3,5,10-11H2,1-2H3. The Balaban J connectivity index is 1.94. The Morgan fingerprint density at radius 2 is 1.96 bits per heavy atom. The number of hydrogen-bond donors (Lipinski definition) is 1. The minimum absolute atomic E-state index is 0.0450. The van der Waals surface area contributed by atoms with Gasteiger partial charge in [-0.05, 0) is 48.7 Å². The minimum Gasteiger partial charge on any atom is -0.495 e. The lowest BCUT2D eigenvalue weighted by Gasteiger charge is -2.18. The van der Waals surface area contributed by atoms with Gasteiger partial charge >= 0.3 is 0 Å². The Hall–Kier alpha value is -2.26. The molecule has 7 nitrogen and oxygen atoms in total. The van der Waals surface area contributed by atoms with E-state index >= 15 is 0 Å². The second kappa shape index (κ2) is 7.40. The number of methoxy groups -OCH3 is 1. The number of nitrogens with zero attached hydrogens (tertiary/aromatic N) is 1. The van der Waals surface area contributed by atoms with Crippen LogP contribution in [0, 0.1) is 0 Å². The van der Waals surface area contributed by atoms with Crippen molar-refractivity contribution in [1.29, 1.82) is 0 Å². The van der Waals surface area contributed by atoms with E-state index in [4.69, 9.17) is 4.74 Å². The molecule has 2 aromatic carbocycles. The molecule has 1 aliphatic rings. The maximum Gasteiger partial charge on any atom is 0.265 e. The van der Waals surface area contributed by atoms with Crippen LogP contribution in [0.25, 0.3) is 0 Å². The van der Waals surface area contributed by atoms with Crippen LogP contribution < -0.4 is 13.8 Å². The summed E-state index contributed by atoms with van der Waals surface area (Å²) in [5.41, 5.74) is 1.61. The van der Waals surface area contributed by atoms with Crippen molar-refractivity contribution in [3.05, 3.63) is 48.0 Å². The molecule has 0 saturated carbocycles. The number of rotatable bonds is 6. The monoisotopic (exact) mass is 410 g/mol. The molecule has 1 fully saturated rings. The van der Waals surface area contributed by atoms with Gasteiger partial charge in [0, 0.05) is 6.54 Å². The second-order valence-electron chi connectivity index (χ2n) is 6.24. The summed E-state index contributed by atoms with van der Waals surface area (Å²) in [6.07, 6.45) is 1.24. The molecule has 0 amide bonds. The van der Waals surface area contributed by atoms with Gasteiger partial charge in [0.15, 0.2) is 0 Å². The molecule has 1 heterocycles. The highest BCUT2D eigenvalue weighted by Crippen LogP contribution is 2.30. The zero-order chi connectivity index (χ0) is 19.7. The molecule has 0 aliphatic carbocycles. The van der Waals surface area contributed by atoms with Gasteiger partial charge in [-0.25, -0.2) is 16.8 Å². The third kappa shape index (κ3) is 4.03. The smallest absolute Gasteiger partial charge is 0.265 e. The first kappa shape index (κ1) is 19.5. The van der Waals surface area contributed by atoms with Crippen LogP contribution in [0.5, 0.6) is 5.75 Å². The minimum atomic E-state index is -3.90. The molecule has 1 N–H and O–H groups in total. The summed E-state index contributed by atoms with van der Waals surface area (Å²) in [5, 5.41) is 0. The highest BCUT2D eigenvalue weighted by molar-refractivity contribution is 7.93. The Morgan fingerprint density at radius 3 is 2.59 bits per heavy atom. The van der Waals surface area contributed by atoms with Gasteiger partial charge in [-0.15, -0.1) is 0 Å². The molecule has 146 valence electrons. The summed E-state index contributed by atoms with van der Waals surface area (Å²) < 4.78 is 59.0. The molecule has 1 saturated heterocycles. The maximum atomic E-state index is 12.9. The van der Waals surface area contributed by atoms with Gasteiger partial charge in [-0.3, -0.25) is 9.03 Å². The Bertz CT molecular complexity index is 1050. The number of hydrogen-bond acceptors (Lipinski definition) is 5. The number of nitrogens with one attached hydrogen (secondary N) is 1. The predicted molar refractivity (Wildman–Crippen MR) is 105 cm³/mol. The van der Waals surface area contributed by atoms with Crippen LogP contribution in [-0.2, 0) is 26.5 Å². The van der Waals surface area contributed by atoms with E-state index in [2.05, 4.69) is 4.72 Å². The third-order valence-electron chi connectivity index (χ3n) is 4.41. The Morgan fingerprint density at radius 1 is 1.19 bits per heavy atom. The van der Waals surface area contributed by atoms with Gasteiger partial charge in [0.25, 0.3) is 10.0 Å². The quantitative estimate of drug-likeness (QED) is 0.790. The van der Waals surface area contributed by atoms with Crippen molar-refractivity contribution < 1.29 is 21.6 Å². The lowest BCUT2D eigenvalue weighted by molar-refractivity contribution is 0.402. The van der Waals surface area contributed by atoms with Crippen LogP contribution in [0.1, 0.15) is 18.9 Å². The highest BCUT2D eigenvalue weighted by atomic mass is 32.2. The largest absolute Gasteiger partial charge is 0.495 e. The van der Waals surface area contributed by atoms with Gasteiger partial charge in [0.1, 0.15) is 10.6 Å². The first-order valence-electron chi connectivity index (χ1n) is 8.57. The summed E-state index contributed by atoms with van der Waals surface area (Å²) in [4.78, 5) is 0.0450. The van der Waals surface area contributed by atoms with Crippen molar-refractivity contribution in [3.8, 4) is 5.75 Å². The molecular weight excluding hydrogens is 388 g/mol. The number of anilines is 2. The average molecular weight is 411 g/mol. The average Bonchev–Trinajstić information content (AvgIpc) is 3.00. The summed E-state index contributed by atoms with van der Waals surface area (Å²) in [5.74, 6) is 0.349. The summed E-state index contributed by atoms with van der Waals surface area (Å²) in [6.45, 7) is 2.33. The molecule has 0 aromatic heterocycles. The maximum absolute atomic E-state index is 12.9. The summed E-state index contributed by atoms with van der Waals surface area (Å²) >= 11 is 0.